The zero-order valence-electron chi connectivity index (χ0n) is 13.6. The van der Waals surface area contributed by atoms with Gasteiger partial charge < -0.3 is 15.0 Å². The number of methoxy groups -OCH3 is 1. The van der Waals surface area contributed by atoms with Gasteiger partial charge in [-0.05, 0) is 18.9 Å². The van der Waals surface area contributed by atoms with E-state index in [4.69, 9.17) is 9.72 Å². The van der Waals surface area contributed by atoms with Crippen LogP contribution < -0.4 is 15.0 Å². The Hall–Kier alpha value is -2.15. The molecule has 4 heterocycles. The van der Waals surface area contributed by atoms with Gasteiger partial charge in [0.25, 0.3) is 0 Å². The topological polar surface area (TPSA) is 67.3 Å². The fourth-order valence-electron chi connectivity index (χ4n) is 3.42. The lowest BCUT2D eigenvalue weighted by molar-refractivity contribution is -0.121. The lowest BCUT2D eigenvalue weighted by Crippen LogP contribution is -2.22. The van der Waals surface area contributed by atoms with Gasteiger partial charge in [0.1, 0.15) is 0 Å². The monoisotopic (exact) mass is 344 g/mol. The van der Waals surface area contributed by atoms with E-state index in [1.54, 1.807) is 24.6 Å². The van der Waals surface area contributed by atoms with Crippen LogP contribution in [0.3, 0.4) is 0 Å². The Bertz CT molecular complexity index is 755. The Morgan fingerprint density at radius 2 is 2.21 bits per heavy atom. The minimum Gasteiger partial charge on any atom is -0.481 e. The maximum Gasteiger partial charge on any atom is 0.221 e. The first-order valence-corrected chi connectivity index (χ1v) is 9.08. The van der Waals surface area contributed by atoms with Crippen molar-refractivity contribution in [2.45, 2.75) is 31.7 Å². The summed E-state index contributed by atoms with van der Waals surface area (Å²) in [5.74, 6) is 0.568. The highest BCUT2D eigenvalue weighted by molar-refractivity contribution is 7.15. The maximum atomic E-state index is 12.2. The molecule has 1 fully saturated rings. The van der Waals surface area contributed by atoms with E-state index in [0.29, 0.717) is 18.8 Å². The summed E-state index contributed by atoms with van der Waals surface area (Å²) < 4.78 is 5.43. The van der Waals surface area contributed by atoms with Gasteiger partial charge in [-0.15, -0.1) is 11.3 Å². The molecule has 1 atom stereocenters. The van der Waals surface area contributed by atoms with Crippen molar-refractivity contribution < 1.29 is 9.53 Å². The maximum absolute atomic E-state index is 12.2. The van der Waals surface area contributed by atoms with Crippen LogP contribution in [0.15, 0.2) is 18.3 Å². The standard InChI is InChI=1S/C17H20N4O2S/c1-23-16-11(5-4-6-18-16)12-9-14(22)19-10-13-15(12)24-17(20-13)21-7-2-3-8-21/h4-6,12H,2-3,7-10H2,1H3,(H,19,22)/t12-/m1/s1. The molecule has 4 rings (SSSR count). The fraction of sp³-hybridized carbons (Fsp3) is 0.471. The van der Waals surface area contributed by atoms with Crippen LogP contribution in [0.1, 0.15) is 41.3 Å². The van der Waals surface area contributed by atoms with E-state index in [1.807, 2.05) is 12.1 Å². The molecule has 2 aliphatic rings. The minimum absolute atomic E-state index is 0.0406. The second-order valence-corrected chi connectivity index (χ2v) is 7.15. The predicted octanol–water partition coefficient (Wildman–Crippen LogP) is 2.30. The first-order chi connectivity index (χ1) is 11.8. The third kappa shape index (κ3) is 2.73. The van der Waals surface area contributed by atoms with E-state index in [-0.39, 0.29) is 11.8 Å². The number of nitrogens with zero attached hydrogens (tertiary/aromatic N) is 3. The lowest BCUT2D eigenvalue weighted by atomic mass is 9.94. The third-order valence-corrected chi connectivity index (χ3v) is 5.89. The van der Waals surface area contributed by atoms with E-state index in [9.17, 15) is 4.79 Å². The Labute approximate surface area is 144 Å². The van der Waals surface area contributed by atoms with Gasteiger partial charge in [-0.25, -0.2) is 9.97 Å². The number of hydrogen-bond donors (Lipinski definition) is 1. The summed E-state index contributed by atoms with van der Waals surface area (Å²) in [6.07, 6.45) is 4.56. The number of thiazole rings is 1. The first-order valence-electron chi connectivity index (χ1n) is 8.26. The van der Waals surface area contributed by atoms with Gasteiger partial charge in [-0.3, -0.25) is 4.79 Å². The molecule has 0 unspecified atom stereocenters. The SMILES string of the molecule is COc1ncccc1[C@H]1CC(=O)NCc2nc(N3CCCC3)sc21. The summed E-state index contributed by atoms with van der Waals surface area (Å²) in [4.78, 5) is 24.8. The van der Waals surface area contributed by atoms with Crippen LogP contribution in [0.5, 0.6) is 5.88 Å². The van der Waals surface area contributed by atoms with Gasteiger partial charge >= 0.3 is 0 Å². The third-order valence-electron chi connectivity index (χ3n) is 4.62. The molecule has 2 aromatic rings. The van der Waals surface area contributed by atoms with Gasteiger partial charge in [-0.1, -0.05) is 6.07 Å². The normalized spacial score (nSPS) is 20.5. The summed E-state index contributed by atoms with van der Waals surface area (Å²) in [5, 5.41) is 4.04. The van der Waals surface area contributed by atoms with Gasteiger partial charge in [0.05, 0.1) is 19.3 Å². The molecule has 0 spiro atoms. The highest BCUT2D eigenvalue weighted by Crippen LogP contribution is 2.41. The van der Waals surface area contributed by atoms with Crippen molar-refractivity contribution >= 4 is 22.4 Å². The average molecular weight is 344 g/mol. The number of amides is 1. The van der Waals surface area contributed by atoms with Crippen LogP contribution in [-0.2, 0) is 11.3 Å². The van der Waals surface area contributed by atoms with Crippen molar-refractivity contribution in [3.63, 3.8) is 0 Å². The second kappa shape index (κ2) is 6.39. The Balaban J connectivity index is 1.77. The van der Waals surface area contributed by atoms with Crippen LogP contribution in [0.2, 0.25) is 0 Å². The molecule has 0 bridgehead atoms. The Morgan fingerprint density at radius 1 is 1.38 bits per heavy atom. The van der Waals surface area contributed by atoms with Gasteiger partial charge in [0.15, 0.2) is 5.13 Å². The van der Waals surface area contributed by atoms with Gasteiger partial charge in [-0.2, -0.15) is 0 Å². The van der Waals surface area contributed by atoms with Crippen LogP contribution in [0.4, 0.5) is 5.13 Å². The van der Waals surface area contributed by atoms with Crippen molar-refractivity contribution in [1.29, 1.82) is 0 Å². The van der Waals surface area contributed by atoms with E-state index >= 15 is 0 Å². The zero-order valence-corrected chi connectivity index (χ0v) is 14.4. The van der Waals surface area contributed by atoms with Gasteiger partial charge in [0.2, 0.25) is 11.8 Å². The minimum atomic E-state index is -0.0556. The zero-order chi connectivity index (χ0) is 16.5. The van der Waals surface area contributed by atoms with Gasteiger partial charge in [0, 0.05) is 42.1 Å². The highest BCUT2D eigenvalue weighted by atomic mass is 32.1. The average Bonchev–Trinajstić information content (AvgIpc) is 3.25. The Morgan fingerprint density at radius 3 is 3.00 bits per heavy atom. The highest BCUT2D eigenvalue weighted by Gasteiger charge is 2.31. The summed E-state index contributed by atoms with van der Waals surface area (Å²) in [7, 11) is 1.62. The molecule has 2 aromatic heterocycles. The number of hydrogen-bond acceptors (Lipinski definition) is 6. The number of fused-ring (bicyclic) bond motifs is 1. The van der Waals surface area contributed by atoms with Crippen LogP contribution in [-0.4, -0.2) is 36.1 Å². The number of rotatable bonds is 3. The van der Waals surface area contributed by atoms with Crippen LogP contribution >= 0.6 is 11.3 Å². The summed E-state index contributed by atoms with van der Waals surface area (Å²) >= 11 is 1.71. The van der Waals surface area contributed by atoms with Crippen molar-refractivity contribution in [2.24, 2.45) is 0 Å². The quantitative estimate of drug-likeness (QED) is 0.925. The van der Waals surface area contributed by atoms with Crippen molar-refractivity contribution in [3.05, 3.63) is 34.5 Å². The molecule has 0 saturated carbocycles. The van der Waals surface area contributed by atoms with E-state index in [2.05, 4.69) is 15.2 Å². The van der Waals surface area contributed by atoms with Crippen LogP contribution in [0.25, 0.3) is 0 Å². The second-order valence-electron chi connectivity index (χ2n) is 6.14. The largest absolute Gasteiger partial charge is 0.481 e. The predicted molar refractivity (Wildman–Crippen MR) is 92.7 cm³/mol. The molecule has 126 valence electrons. The molecule has 6 nitrogen and oxygen atoms in total. The molecule has 1 saturated heterocycles. The lowest BCUT2D eigenvalue weighted by Gasteiger charge is -2.16. The molecule has 0 radical (unpaired) electrons. The molecule has 2 aliphatic heterocycles. The molecule has 1 amide bonds. The summed E-state index contributed by atoms with van der Waals surface area (Å²) in [6, 6.07) is 3.89. The van der Waals surface area contributed by atoms with Crippen molar-refractivity contribution in [3.8, 4) is 5.88 Å². The number of carbonyl (C=O) groups is 1. The smallest absolute Gasteiger partial charge is 0.221 e. The van der Waals surface area contributed by atoms with E-state index in [1.165, 1.54) is 12.8 Å². The molecule has 0 aliphatic carbocycles. The number of anilines is 1. The summed E-state index contributed by atoms with van der Waals surface area (Å²) in [5.41, 5.74) is 1.93. The van der Waals surface area contributed by atoms with Crippen molar-refractivity contribution in [2.75, 3.05) is 25.1 Å². The molecule has 7 heteroatoms. The molecule has 24 heavy (non-hydrogen) atoms. The number of aromatic nitrogens is 2. The molecule has 0 aromatic carbocycles. The first kappa shape index (κ1) is 15.4. The van der Waals surface area contributed by atoms with E-state index in [0.717, 1.165) is 34.4 Å². The summed E-state index contributed by atoms with van der Waals surface area (Å²) in [6.45, 7) is 2.64. The molecule has 1 N–H and O–H groups in total. The molecular formula is C17H20N4O2S. The molecular weight excluding hydrogens is 324 g/mol. The van der Waals surface area contributed by atoms with Crippen molar-refractivity contribution in [1.82, 2.24) is 15.3 Å². The number of carbonyl (C=O) groups excluding carboxylic acids is 1. The van der Waals surface area contributed by atoms with E-state index < -0.39 is 0 Å². The van der Waals surface area contributed by atoms with Crippen LogP contribution in [0, 0.1) is 0 Å². The fourth-order valence-corrected chi connectivity index (χ4v) is 4.67. The number of ether oxygens (including phenoxy) is 1. The number of nitrogens with one attached hydrogen (secondary N) is 1. The number of pyridine rings is 1. The Kier molecular flexibility index (Phi) is 4.10.